The summed E-state index contributed by atoms with van der Waals surface area (Å²) in [4.78, 5) is 12.2. The Morgan fingerprint density at radius 3 is 2.57 bits per heavy atom. The topological polar surface area (TPSA) is 58.6 Å². The molecule has 1 aromatic carbocycles. The maximum Gasteiger partial charge on any atom is 0.261 e. The Bertz CT molecular complexity index is 500. The second kappa shape index (κ2) is 7.27. The smallest absolute Gasteiger partial charge is 0.261 e. The molecule has 118 valence electrons. The highest BCUT2D eigenvalue weighted by Gasteiger charge is 2.24. The number of aliphatic hydroxyl groups is 1. The first-order chi connectivity index (χ1) is 9.66. The second-order valence-electron chi connectivity index (χ2n) is 5.84. The third kappa shape index (κ3) is 5.32. The first kappa shape index (κ1) is 18.0. The van der Waals surface area contributed by atoms with E-state index in [9.17, 15) is 9.90 Å². The molecule has 1 rings (SSSR count). The molecule has 1 amide bonds. The lowest BCUT2D eigenvalue weighted by molar-refractivity contribution is -0.129. The highest BCUT2D eigenvalue weighted by molar-refractivity contribution is 9.10. The number of hydrogen-bond acceptors (Lipinski definition) is 3. The van der Waals surface area contributed by atoms with Crippen LogP contribution >= 0.6 is 15.9 Å². The molecule has 0 saturated carbocycles. The normalized spacial score (nSPS) is 14.4. The fourth-order valence-corrected chi connectivity index (χ4v) is 2.06. The number of carbonyl (C=O) groups excluding carboxylic acids is 1. The maximum absolute atomic E-state index is 12.2. The predicted octanol–water partition coefficient (Wildman–Crippen LogP) is 3.57. The number of aliphatic hydroxyl groups excluding tert-OH is 1. The number of rotatable bonds is 6. The Morgan fingerprint density at radius 1 is 1.43 bits per heavy atom. The number of ether oxygens (including phenoxy) is 1. The molecule has 0 aliphatic heterocycles. The molecule has 0 fully saturated rings. The van der Waals surface area contributed by atoms with E-state index in [0.29, 0.717) is 11.3 Å². The minimum atomic E-state index is -0.657. The summed E-state index contributed by atoms with van der Waals surface area (Å²) in [6.45, 7) is 9.33. The van der Waals surface area contributed by atoms with E-state index >= 15 is 0 Å². The Morgan fingerprint density at radius 2 is 2.05 bits per heavy atom. The summed E-state index contributed by atoms with van der Waals surface area (Å²) in [5, 5.41) is 12.7. The van der Waals surface area contributed by atoms with Crippen LogP contribution in [0.3, 0.4) is 0 Å². The van der Waals surface area contributed by atoms with Crippen LogP contribution in [0, 0.1) is 0 Å². The van der Waals surface area contributed by atoms with Gasteiger partial charge < -0.3 is 15.2 Å². The number of benzene rings is 1. The minimum Gasteiger partial charge on any atom is -0.480 e. The van der Waals surface area contributed by atoms with Gasteiger partial charge in [-0.25, -0.2) is 0 Å². The van der Waals surface area contributed by atoms with E-state index in [4.69, 9.17) is 4.74 Å². The lowest BCUT2D eigenvalue weighted by atomic mass is 10.0. The van der Waals surface area contributed by atoms with Crippen LogP contribution in [0.4, 0.5) is 0 Å². The molecule has 0 spiro atoms. The maximum atomic E-state index is 12.2. The van der Waals surface area contributed by atoms with E-state index in [1.54, 1.807) is 26.0 Å². The minimum absolute atomic E-state index is 0.168. The molecule has 2 N–H and O–H groups in total. The van der Waals surface area contributed by atoms with Crippen molar-refractivity contribution in [3.05, 3.63) is 28.2 Å². The molecular weight excluding hydrogens is 334 g/mol. The van der Waals surface area contributed by atoms with Gasteiger partial charge in [0.05, 0.1) is 6.10 Å². The quantitative estimate of drug-likeness (QED) is 0.817. The Kier molecular flexibility index (Phi) is 6.23. The number of carbonyl (C=O) groups is 1. The summed E-state index contributed by atoms with van der Waals surface area (Å²) < 4.78 is 6.57. The van der Waals surface area contributed by atoms with Crippen LogP contribution < -0.4 is 10.1 Å². The first-order valence-electron chi connectivity index (χ1n) is 7.12. The van der Waals surface area contributed by atoms with Gasteiger partial charge in [-0.1, -0.05) is 28.9 Å². The van der Waals surface area contributed by atoms with Crippen molar-refractivity contribution in [2.24, 2.45) is 0 Å². The van der Waals surface area contributed by atoms with E-state index in [1.165, 1.54) is 0 Å². The summed E-state index contributed by atoms with van der Waals surface area (Å²) in [5.74, 6) is 0.342. The average molecular weight is 358 g/mol. The van der Waals surface area contributed by atoms with E-state index in [1.807, 2.05) is 26.8 Å². The summed E-state index contributed by atoms with van der Waals surface area (Å²) in [7, 11) is 0. The fourth-order valence-electron chi connectivity index (χ4n) is 1.72. The van der Waals surface area contributed by atoms with Gasteiger partial charge in [-0.15, -0.1) is 0 Å². The van der Waals surface area contributed by atoms with Gasteiger partial charge in [0.2, 0.25) is 0 Å². The van der Waals surface area contributed by atoms with Crippen LogP contribution in [-0.4, -0.2) is 22.7 Å². The van der Waals surface area contributed by atoms with Crippen LogP contribution in [0.5, 0.6) is 5.75 Å². The first-order valence-corrected chi connectivity index (χ1v) is 7.91. The predicted molar refractivity (Wildman–Crippen MR) is 87.4 cm³/mol. The molecule has 0 aromatic heterocycles. The molecule has 0 saturated heterocycles. The van der Waals surface area contributed by atoms with Gasteiger partial charge in [0.15, 0.2) is 6.10 Å². The van der Waals surface area contributed by atoms with Crippen LogP contribution in [0.1, 0.15) is 52.7 Å². The van der Waals surface area contributed by atoms with Gasteiger partial charge in [0.25, 0.3) is 5.91 Å². The Labute approximate surface area is 135 Å². The molecule has 0 radical (unpaired) electrons. The van der Waals surface area contributed by atoms with E-state index in [2.05, 4.69) is 21.2 Å². The lowest BCUT2D eigenvalue weighted by Gasteiger charge is -2.27. The van der Waals surface area contributed by atoms with Crippen molar-refractivity contribution < 1.29 is 14.6 Å². The van der Waals surface area contributed by atoms with Gasteiger partial charge in [-0.3, -0.25) is 4.79 Å². The monoisotopic (exact) mass is 357 g/mol. The van der Waals surface area contributed by atoms with Crippen molar-refractivity contribution in [3.8, 4) is 5.75 Å². The molecule has 0 bridgehead atoms. The molecule has 4 nitrogen and oxygen atoms in total. The zero-order valence-electron chi connectivity index (χ0n) is 13.2. The van der Waals surface area contributed by atoms with Crippen LogP contribution in [-0.2, 0) is 4.79 Å². The van der Waals surface area contributed by atoms with E-state index in [-0.39, 0.29) is 11.4 Å². The van der Waals surface area contributed by atoms with Crippen molar-refractivity contribution in [2.45, 2.75) is 58.8 Å². The number of halogens is 1. The van der Waals surface area contributed by atoms with Gasteiger partial charge in [0, 0.05) is 15.6 Å². The van der Waals surface area contributed by atoms with Crippen molar-refractivity contribution in [1.29, 1.82) is 0 Å². The molecule has 21 heavy (non-hydrogen) atoms. The number of hydrogen-bond donors (Lipinski definition) is 2. The summed E-state index contributed by atoms with van der Waals surface area (Å²) in [6.07, 6.45) is -0.459. The zero-order valence-corrected chi connectivity index (χ0v) is 14.8. The standard InChI is InChI=1S/C16H24BrNO3/c1-6-16(4,5)18-15(20)11(3)21-14-9-12(17)7-8-13(14)10(2)19/h7-11,19H,6H2,1-5H3,(H,18,20). The zero-order chi connectivity index (χ0) is 16.2. The Balaban J connectivity index is 2.85. The summed E-state index contributed by atoms with van der Waals surface area (Å²) >= 11 is 3.37. The molecular formula is C16H24BrNO3. The fraction of sp³-hybridized carbons (Fsp3) is 0.562. The van der Waals surface area contributed by atoms with Crippen LogP contribution in [0.2, 0.25) is 0 Å². The number of nitrogens with one attached hydrogen (secondary N) is 1. The van der Waals surface area contributed by atoms with Crippen molar-refractivity contribution in [2.75, 3.05) is 0 Å². The van der Waals surface area contributed by atoms with Crippen molar-refractivity contribution in [1.82, 2.24) is 5.32 Å². The molecule has 2 unspecified atom stereocenters. The molecule has 1 aromatic rings. The largest absolute Gasteiger partial charge is 0.480 e. The third-order valence-corrected chi connectivity index (χ3v) is 3.94. The summed E-state index contributed by atoms with van der Waals surface area (Å²) in [6, 6.07) is 5.38. The lowest BCUT2D eigenvalue weighted by Crippen LogP contribution is -2.48. The van der Waals surface area contributed by atoms with Crippen LogP contribution in [0.25, 0.3) is 0 Å². The van der Waals surface area contributed by atoms with Crippen molar-refractivity contribution >= 4 is 21.8 Å². The average Bonchev–Trinajstić information content (AvgIpc) is 2.37. The van der Waals surface area contributed by atoms with Gasteiger partial charge in [-0.2, -0.15) is 0 Å². The van der Waals surface area contributed by atoms with Gasteiger partial charge >= 0.3 is 0 Å². The van der Waals surface area contributed by atoms with Gasteiger partial charge in [-0.05, 0) is 46.2 Å². The molecule has 5 heteroatoms. The SMILES string of the molecule is CCC(C)(C)NC(=O)C(C)Oc1cc(Br)ccc1C(C)O. The molecule has 0 aliphatic carbocycles. The van der Waals surface area contributed by atoms with Crippen molar-refractivity contribution in [3.63, 3.8) is 0 Å². The highest BCUT2D eigenvalue weighted by Crippen LogP contribution is 2.29. The van der Waals surface area contributed by atoms with E-state index in [0.717, 1.165) is 10.9 Å². The van der Waals surface area contributed by atoms with Crippen LogP contribution in [0.15, 0.2) is 22.7 Å². The highest BCUT2D eigenvalue weighted by atomic mass is 79.9. The molecule has 0 aliphatic rings. The van der Waals surface area contributed by atoms with E-state index < -0.39 is 12.2 Å². The second-order valence-corrected chi connectivity index (χ2v) is 6.76. The Hall–Kier alpha value is -1.07. The molecule has 0 heterocycles. The number of amides is 1. The summed E-state index contributed by atoms with van der Waals surface area (Å²) in [5.41, 5.74) is 0.395. The molecule has 2 atom stereocenters. The third-order valence-electron chi connectivity index (χ3n) is 3.44. The van der Waals surface area contributed by atoms with Gasteiger partial charge in [0.1, 0.15) is 5.75 Å².